The van der Waals surface area contributed by atoms with Crippen molar-refractivity contribution in [2.24, 2.45) is 5.92 Å². The maximum absolute atomic E-state index is 13.0. The number of aromatic nitrogens is 3. The summed E-state index contributed by atoms with van der Waals surface area (Å²) in [5, 5.41) is 20.3. The first-order valence-corrected chi connectivity index (χ1v) is 12.5. The van der Waals surface area contributed by atoms with Crippen LogP contribution in [0.3, 0.4) is 0 Å². The van der Waals surface area contributed by atoms with E-state index in [2.05, 4.69) is 24.0 Å². The zero-order valence-electron chi connectivity index (χ0n) is 20.8. The summed E-state index contributed by atoms with van der Waals surface area (Å²) in [5.74, 6) is 0.311. The maximum Gasteiger partial charge on any atom is 0.308 e. The van der Waals surface area contributed by atoms with Gasteiger partial charge >= 0.3 is 5.97 Å². The SMILES string of the molecule is CCCCC(CC)COC(=O)CC(c1ccc(O)c(C(C)(C)C)c1)n1nc2ccc(Cl)cc2n1. The third-order valence-electron chi connectivity index (χ3n) is 6.23. The molecule has 1 aromatic heterocycles. The average Bonchev–Trinajstić information content (AvgIpc) is 3.20. The van der Waals surface area contributed by atoms with E-state index in [4.69, 9.17) is 16.3 Å². The van der Waals surface area contributed by atoms with Crippen LogP contribution in [0.15, 0.2) is 36.4 Å². The number of aromatic hydroxyl groups is 1. The second-order valence-electron chi connectivity index (χ2n) is 10.00. The Morgan fingerprint density at radius 3 is 2.53 bits per heavy atom. The standard InChI is InChI=1S/C27H36ClN3O3/c1-6-8-9-18(7-2)17-34-26(33)16-24(19-10-13-25(32)21(14-19)27(3,4)5)31-29-22-12-11-20(28)15-23(22)30-31/h10-15,18,24,32H,6-9,16-17H2,1-5H3. The number of hydrogen-bond acceptors (Lipinski definition) is 5. The van der Waals surface area contributed by atoms with Crippen LogP contribution in [0, 0.1) is 5.92 Å². The number of halogens is 1. The highest BCUT2D eigenvalue weighted by molar-refractivity contribution is 6.31. The lowest BCUT2D eigenvalue weighted by Gasteiger charge is -2.24. The number of fused-ring (bicyclic) bond motifs is 1. The van der Waals surface area contributed by atoms with E-state index in [0.29, 0.717) is 28.6 Å². The number of unbranched alkanes of at least 4 members (excludes halogenated alkanes) is 1. The molecule has 2 atom stereocenters. The van der Waals surface area contributed by atoms with Crippen LogP contribution < -0.4 is 0 Å². The van der Waals surface area contributed by atoms with Gasteiger partial charge in [0.1, 0.15) is 22.8 Å². The summed E-state index contributed by atoms with van der Waals surface area (Å²) in [4.78, 5) is 14.5. The van der Waals surface area contributed by atoms with Crippen molar-refractivity contribution in [3.8, 4) is 5.75 Å². The van der Waals surface area contributed by atoms with Gasteiger partial charge in [-0.25, -0.2) is 0 Å². The number of benzene rings is 2. The van der Waals surface area contributed by atoms with Crippen LogP contribution in [0.1, 0.15) is 83.9 Å². The molecule has 0 amide bonds. The molecule has 0 bridgehead atoms. The molecular weight excluding hydrogens is 450 g/mol. The zero-order valence-corrected chi connectivity index (χ0v) is 21.6. The van der Waals surface area contributed by atoms with E-state index in [-0.39, 0.29) is 23.6 Å². The first kappa shape index (κ1) is 26.0. The molecule has 0 saturated heterocycles. The smallest absolute Gasteiger partial charge is 0.308 e. The summed E-state index contributed by atoms with van der Waals surface area (Å²) in [6.07, 6.45) is 4.40. The molecule has 2 unspecified atom stereocenters. The van der Waals surface area contributed by atoms with Crippen molar-refractivity contribution in [3.05, 3.63) is 52.5 Å². The van der Waals surface area contributed by atoms with Crippen molar-refractivity contribution >= 4 is 28.6 Å². The fraction of sp³-hybridized carbons (Fsp3) is 0.519. The van der Waals surface area contributed by atoms with Gasteiger partial charge in [0.2, 0.25) is 0 Å². The van der Waals surface area contributed by atoms with E-state index in [1.165, 1.54) is 0 Å². The number of esters is 1. The average molecular weight is 486 g/mol. The number of ether oxygens (including phenoxy) is 1. The van der Waals surface area contributed by atoms with Crippen molar-refractivity contribution in [1.82, 2.24) is 15.0 Å². The summed E-state index contributed by atoms with van der Waals surface area (Å²) < 4.78 is 5.70. The Labute approximate surface area is 207 Å². The normalized spacial score (nSPS) is 13.7. The largest absolute Gasteiger partial charge is 0.508 e. The first-order valence-electron chi connectivity index (χ1n) is 12.1. The maximum atomic E-state index is 13.0. The highest BCUT2D eigenvalue weighted by Crippen LogP contribution is 2.34. The van der Waals surface area contributed by atoms with Crippen molar-refractivity contribution in [2.45, 2.75) is 78.2 Å². The minimum atomic E-state index is -0.476. The lowest BCUT2D eigenvalue weighted by atomic mass is 9.84. The predicted molar refractivity (Wildman–Crippen MR) is 136 cm³/mol. The molecule has 2 aromatic carbocycles. The van der Waals surface area contributed by atoms with Crippen molar-refractivity contribution < 1.29 is 14.6 Å². The van der Waals surface area contributed by atoms with Crippen LogP contribution in [0.2, 0.25) is 5.02 Å². The number of phenols is 1. The van der Waals surface area contributed by atoms with Crippen molar-refractivity contribution in [1.29, 1.82) is 0 Å². The van der Waals surface area contributed by atoms with E-state index in [1.807, 2.05) is 39.0 Å². The van der Waals surface area contributed by atoms with Gasteiger partial charge < -0.3 is 9.84 Å². The predicted octanol–water partition coefficient (Wildman–Crippen LogP) is 6.83. The number of rotatable bonds is 10. The lowest BCUT2D eigenvalue weighted by Crippen LogP contribution is -2.22. The van der Waals surface area contributed by atoms with Gasteiger partial charge in [-0.3, -0.25) is 4.79 Å². The molecule has 1 N–H and O–H groups in total. The minimum Gasteiger partial charge on any atom is -0.508 e. The molecule has 0 fully saturated rings. The number of carbonyl (C=O) groups is 1. The molecule has 0 spiro atoms. The van der Waals surface area contributed by atoms with Crippen LogP contribution in [0.25, 0.3) is 11.0 Å². The number of phenolic OH excluding ortho intramolecular Hbond substituents is 1. The van der Waals surface area contributed by atoms with Crippen LogP contribution in [0.4, 0.5) is 0 Å². The van der Waals surface area contributed by atoms with Gasteiger partial charge in [0.15, 0.2) is 0 Å². The fourth-order valence-corrected chi connectivity index (χ4v) is 4.23. The molecule has 0 radical (unpaired) electrons. The molecule has 7 heteroatoms. The first-order chi connectivity index (χ1) is 16.1. The monoisotopic (exact) mass is 485 g/mol. The van der Waals surface area contributed by atoms with Gasteiger partial charge in [-0.1, -0.05) is 71.5 Å². The van der Waals surface area contributed by atoms with Gasteiger partial charge in [-0.15, -0.1) is 0 Å². The Bertz CT molecular complexity index is 1120. The number of hydrogen-bond donors (Lipinski definition) is 1. The van der Waals surface area contributed by atoms with E-state index < -0.39 is 6.04 Å². The second kappa shape index (κ2) is 11.2. The van der Waals surface area contributed by atoms with Gasteiger partial charge in [-0.2, -0.15) is 15.0 Å². The van der Waals surface area contributed by atoms with Gasteiger partial charge in [0, 0.05) is 5.02 Å². The van der Waals surface area contributed by atoms with E-state index in [0.717, 1.165) is 36.8 Å². The van der Waals surface area contributed by atoms with Crippen LogP contribution in [-0.4, -0.2) is 32.7 Å². The zero-order chi connectivity index (χ0) is 24.9. The van der Waals surface area contributed by atoms with Crippen LogP contribution >= 0.6 is 11.6 Å². The molecule has 34 heavy (non-hydrogen) atoms. The number of nitrogens with zero attached hydrogens (tertiary/aromatic N) is 3. The Kier molecular flexibility index (Phi) is 8.58. The summed E-state index contributed by atoms with van der Waals surface area (Å²) in [7, 11) is 0. The minimum absolute atomic E-state index is 0.0906. The summed E-state index contributed by atoms with van der Waals surface area (Å²) in [5.41, 5.74) is 2.72. The Morgan fingerprint density at radius 1 is 1.12 bits per heavy atom. The second-order valence-corrected chi connectivity index (χ2v) is 10.4. The molecule has 1 heterocycles. The third kappa shape index (κ3) is 6.50. The molecule has 3 rings (SSSR count). The molecular formula is C27H36ClN3O3. The summed E-state index contributed by atoms with van der Waals surface area (Å²) in [6.45, 7) is 10.8. The molecule has 0 aliphatic heterocycles. The van der Waals surface area contributed by atoms with Gasteiger partial charge in [0.25, 0.3) is 0 Å². The highest BCUT2D eigenvalue weighted by Gasteiger charge is 2.26. The van der Waals surface area contributed by atoms with Gasteiger partial charge in [-0.05, 0) is 59.2 Å². The lowest BCUT2D eigenvalue weighted by molar-refractivity contribution is -0.146. The van der Waals surface area contributed by atoms with Crippen LogP contribution in [-0.2, 0) is 14.9 Å². The highest BCUT2D eigenvalue weighted by atomic mass is 35.5. The molecule has 6 nitrogen and oxygen atoms in total. The summed E-state index contributed by atoms with van der Waals surface area (Å²) in [6, 6.07) is 10.3. The van der Waals surface area contributed by atoms with Crippen molar-refractivity contribution in [2.75, 3.05) is 6.61 Å². The summed E-state index contributed by atoms with van der Waals surface area (Å²) >= 11 is 6.14. The van der Waals surface area contributed by atoms with Crippen LogP contribution in [0.5, 0.6) is 5.75 Å². The Morgan fingerprint density at radius 2 is 1.85 bits per heavy atom. The topological polar surface area (TPSA) is 77.2 Å². The van der Waals surface area contributed by atoms with E-state index in [1.54, 1.807) is 23.0 Å². The Balaban J connectivity index is 1.92. The molecule has 0 aliphatic rings. The molecule has 3 aromatic rings. The quantitative estimate of drug-likeness (QED) is 0.318. The van der Waals surface area contributed by atoms with E-state index >= 15 is 0 Å². The number of carbonyl (C=O) groups excluding carboxylic acids is 1. The molecule has 0 aliphatic carbocycles. The molecule has 0 saturated carbocycles. The molecule has 184 valence electrons. The van der Waals surface area contributed by atoms with Gasteiger partial charge in [0.05, 0.1) is 13.0 Å². The third-order valence-corrected chi connectivity index (χ3v) is 6.47. The van der Waals surface area contributed by atoms with E-state index in [9.17, 15) is 9.90 Å². The Hall–Kier alpha value is -2.60. The van der Waals surface area contributed by atoms with Crippen molar-refractivity contribution in [3.63, 3.8) is 0 Å². The fourth-order valence-electron chi connectivity index (χ4n) is 4.06.